The first-order valence-corrected chi connectivity index (χ1v) is 6.41. The fourth-order valence-electron chi connectivity index (χ4n) is 1.52. The van der Waals surface area contributed by atoms with Crippen LogP contribution in [0.15, 0.2) is 30.4 Å². The molecule has 0 aliphatic heterocycles. The van der Waals surface area contributed by atoms with E-state index in [1.807, 2.05) is 0 Å². The van der Waals surface area contributed by atoms with Gasteiger partial charge in [-0.15, -0.1) is 0 Å². The van der Waals surface area contributed by atoms with E-state index in [1.165, 1.54) is 18.2 Å². The van der Waals surface area contributed by atoms with Crippen LogP contribution in [0.3, 0.4) is 0 Å². The lowest BCUT2D eigenvalue weighted by atomic mass is 10.2. The minimum absolute atomic E-state index is 0.00954. The molecule has 1 aromatic rings. The third kappa shape index (κ3) is 6.24. The van der Waals surface area contributed by atoms with E-state index in [2.05, 4.69) is 6.58 Å². The van der Waals surface area contributed by atoms with Crippen LogP contribution in [-0.2, 0) is 20.9 Å². The Hall–Kier alpha value is -2.01. The van der Waals surface area contributed by atoms with Crippen molar-refractivity contribution in [1.82, 2.24) is 0 Å². The molecule has 0 saturated heterocycles. The van der Waals surface area contributed by atoms with Crippen molar-refractivity contribution in [2.24, 2.45) is 0 Å². The molecule has 1 aromatic carbocycles. The average molecular weight is 280 g/mol. The Bertz CT molecular complexity index is 447. The maximum absolute atomic E-state index is 11.1. The molecule has 0 aliphatic rings. The molecule has 0 radical (unpaired) electrons. The molecule has 20 heavy (non-hydrogen) atoms. The van der Waals surface area contributed by atoms with Crippen molar-refractivity contribution in [3.05, 3.63) is 35.9 Å². The maximum Gasteiger partial charge on any atom is 0.333 e. The van der Waals surface area contributed by atoms with Crippen molar-refractivity contribution in [1.29, 1.82) is 0 Å². The summed E-state index contributed by atoms with van der Waals surface area (Å²) in [4.78, 5) is 11.1. The molecular weight excluding hydrogens is 260 g/mol. The van der Waals surface area contributed by atoms with Gasteiger partial charge in [-0.25, -0.2) is 4.79 Å². The van der Waals surface area contributed by atoms with Gasteiger partial charge in [0, 0.05) is 18.2 Å². The van der Waals surface area contributed by atoms with Gasteiger partial charge < -0.3 is 19.7 Å². The molecule has 0 aliphatic carbocycles. The van der Waals surface area contributed by atoms with Gasteiger partial charge in [0.15, 0.2) is 0 Å². The number of esters is 1. The zero-order valence-corrected chi connectivity index (χ0v) is 11.6. The van der Waals surface area contributed by atoms with Crippen LogP contribution < -0.4 is 0 Å². The van der Waals surface area contributed by atoms with Gasteiger partial charge in [-0.2, -0.15) is 0 Å². The number of benzene rings is 1. The highest BCUT2D eigenvalue weighted by Gasteiger charge is 2.02. The van der Waals surface area contributed by atoms with E-state index in [4.69, 9.17) is 9.47 Å². The smallest absolute Gasteiger partial charge is 0.333 e. The molecule has 1 rings (SSSR count). The van der Waals surface area contributed by atoms with Crippen molar-refractivity contribution >= 4 is 5.97 Å². The molecule has 2 N–H and O–H groups in total. The van der Waals surface area contributed by atoms with Crippen LogP contribution >= 0.6 is 0 Å². The lowest BCUT2D eigenvalue weighted by Crippen LogP contribution is -2.07. The number of hydrogen-bond acceptors (Lipinski definition) is 5. The third-order valence-electron chi connectivity index (χ3n) is 2.50. The highest BCUT2D eigenvalue weighted by atomic mass is 16.5. The molecule has 0 bridgehead atoms. The average Bonchev–Trinajstić information content (AvgIpc) is 2.36. The van der Waals surface area contributed by atoms with Crippen LogP contribution in [0.2, 0.25) is 0 Å². The van der Waals surface area contributed by atoms with Gasteiger partial charge in [-0.1, -0.05) is 6.58 Å². The summed E-state index contributed by atoms with van der Waals surface area (Å²) < 4.78 is 10.3. The molecular formula is C15H20O5. The first-order valence-electron chi connectivity index (χ1n) is 6.41. The highest BCUT2D eigenvalue weighted by Crippen LogP contribution is 2.20. The van der Waals surface area contributed by atoms with Crippen LogP contribution in [0.1, 0.15) is 25.3 Å². The van der Waals surface area contributed by atoms with Crippen molar-refractivity contribution in [3.8, 4) is 11.5 Å². The van der Waals surface area contributed by atoms with E-state index in [0.717, 1.165) is 6.42 Å². The Balaban J connectivity index is 2.10. The van der Waals surface area contributed by atoms with Crippen LogP contribution in [0.5, 0.6) is 11.5 Å². The van der Waals surface area contributed by atoms with Gasteiger partial charge in [-0.05, 0) is 37.5 Å². The van der Waals surface area contributed by atoms with Gasteiger partial charge >= 0.3 is 5.97 Å². The monoisotopic (exact) mass is 280 g/mol. The van der Waals surface area contributed by atoms with Gasteiger partial charge in [0.2, 0.25) is 0 Å². The Morgan fingerprint density at radius 2 is 1.75 bits per heavy atom. The lowest BCUT2D eigenvalue weighted by Gasteiger charge is -2.06. The zero-order chi connectivity index (χ0) is 15.0. The molecule has 0 atom stereocenters. The summed E-state index contributed by atoms with van der Waals surface area (Å²) in [5, 5.41) is 18.6. The van der Waals surface area contributed by atoms with Crippen LogP contribution in [-0.4, -0.2) is 29.4 Å². The van der Waals surface area contributed by atoms with Crippen LogP contribution in [0.4, 0.5) is 0 Å². The quantitative estimate of drug-likeness (QED) is 0.435. The molecule has 0 saturated carbocycles. The van der Waals surface area contributed by atoms with Gasteiger partial charge in [0.1, 0.15) is 11.5 Å². The molecule has 0 heterocycles. The first-order chi connectivity index (χ1) is 9.49. The third-order valence-corrected chi connectivity index (χ3v) is 2.50. The summed E-state index contributed by atoms with van der Waals surface area (Å²) in [5.41, 5.74) is 1.10. The second kappa shape index (κ2) is 8.22. The predicted molar refractivity (Wildman–Crippen MR) is 74.4 cm³/mol. The predicted octanol–water partition coefficient (Wildman–Crippen LogP) is 2.51. The standard InChI is InChI=1S/C15H20O5/c1-11(2)15(18)20-6-4-3-5-19-10-12-7-13(16)9-14(17)8-12/h7-9,16-17H,1,3-6,10H2,2H3. The summed E-state index contributed by atoms with van der Waals surface area (Å²) in [5.74, 6) is -0.355. The molecule has 0 spiro atoms. The molecule has 5 heteroatoms. The first kappa shape index (κ1) is 16.0. The van der Waals surface area contributed by atoms with E-state index in [-0.39, 0.29) is 17.5 Å². The molecule has 5 nitrogen and oxygen atoms in total. The number of carbonyl (C=O) groups excluding carboxylic acids is 1. The molecule has 0 fully saturated rings. The molecule has 0 amide bonds. The van der Waals surface area contributed by atoms with Gasteiger partial charge in [-0.3, -0.25) is 0 Å². The van der Waals surface area contributed by atoms with Crippen molar-refractivity contribution in [2.75, 3.05) is 13.2 Å². The van der Waals surface area contributed by atoms with E-state index in [9.17, 15) is 15.0 Å². The zero-order valence-electron chi connectivity index (χ0n) is 11.6. The Morgan fingerprint density at radius 1 is 1.15 bits per heavy atom. The normalized spacial score (nSPS) is 10.2. The highest BCUT2D eigenvalue weighted by molar-refractivity contribution is 5.86. The van der Waals surface area contributed by atoms with Crippen molar-refractivity contribution in [3.63, 3.8) is 0 Å². The number of rotatable bonds is 8. The minimum Gasteiger partial charge on any atom is -0.508 e. The molecule has 0 aromatic heterocycles. The van der Waals surface area contributed by atoms with Crippen molar-refractivity contribution in [2.45, 2.75) is 26.4 Å². The molecule has 110 valence electrons. The Kier molecular flexibility index (Phi) is 6.59. The number of phenols is 2. The van der Waals surface area contributed by atoms with E-state index >= 15 is 0 Å². The Morgan fingerprint density at radius 3 is 2.35 bits per heavy atom. The summed E-state index contributed by atoms with van der Waals surface area (Å²) in [7, 11) is 0. The van der Waals surface area contributed by atoms with Crippen LogP contribution in [0, 0.1) is 0 Å². The van der Waals surface area contributed by atoms with E-state index in [1.54, 1.807) is 6.92 Å². The topological polar surface area (TPSA) is 76.0 Å². The van der Waals surface area contributed by atoms with E-state index < -0.39 is 0 Å². The number of carbonyl (C=O) groups is 1. The number of ether oxygens (including phenoxy) is 2. The number of aromatic hydroxyl groups is 2. The fourth-order valence-corrected chi connectivity index (χ4v) is 1.52. The number of unbranched alkanes of at least 4 members (excludes halogenated alkanes) is 1. The van der Waals surface area contributed by atoms with Crippen LogP contribution in [0.25, 0.3) is 0 Å². The van der Waals surface area contributed by atoms with Gasteiger partial charge in [0.05, 0.1) is 13.2 Å². The Labute approximate surface area is 118 Å². The fraction of sp³-hybridized carbons (Fsp3) is 0.400. The molecule has 0 unspecified atom stereocenters. The summed E-state index contributed by atoms with van der Waals surface area (Å²) in [6.07, 6.45) is 1.47. The SMILES string of the molecule is C=C(C)C(=O)OCCCCOCc1cc(O)cc(O)c1. The number of hydrogen-bond donors (Lipinski definition) is 2. The second-order valence-corrected chi connectivity index (χ2v) is 4.53. The minimum atomic E-state index is -0.374. The largest absolute Gasteiger partial charge is 0.508 e. The maximum atomic E-state index is 11.1. The summed E-state index contributed by atoms with van der Waals surface area (Å²) >= 11 is 0. The second-order valence-electron chi connectivity index (χ2n) is 4.53. The van der Waals surface area contributed by atoms with Crippen molar-refractivity contribution < 1.29 is 24.5 Å². The summed E-state index contributed by atoms with van der Waals surface area (Å²) in [6.45, 7) is 6.28. The summed E-state index contributed by atoms with van der Waals surface area (Å²) in [6, 6.07) is 4.34. The lowest BCUT2D eigenvalue weighted by molar-refractivity contribution is -0.139. The van der Waals surface area contributed by atoms with E-state index in [0.29, 0.717) is 37.4 Å². The van der Waals surface area contributed by atoms with Gasteiger partial charge in [0.25, 0.3) is 0 Å². The number of phenolic OH excluding ortho intramolecular Hbond substituents is 2.